The molecule has 0 fully saturated rings. The number of unbranched alkanes of at least 4 members (excludes halogenated alkanes) is 2. The molecule has 1 rings (SSSR count). The smallest absolute Gasteiger partial charge is 0.134 e. The predicted octanol–water partition coefficient (Wildman–Crippen LogP) is 3.75. The highest BCUT2D eigenvalue weighted by molar-refractivity contribution is 5.21. The van der Waals surface area contributed by atoms with E-state index >= 15 is 0 Å². The van der Waals surface area contributed by atoms with Crippen molar-refractivity contribution in [2.24, 2.45) is 0 Å². The van der Waals surface area contributed by atoms with Crippen molar-refractivity contribution in [2.75, 3.05) is 6.61 Å². The maximum atomic E-state index is 12.7. The maximum Gasteiger partial charge on any atom is 0.134 e. The molecule has 1 aromatic carbocycles. The quantitative estimate of drug-likeness (QED) is 0.510. The van der Waals surface area contributed by atoms with Gasteiger partial charge in [-0.3, -0.25) is 0 Å². The molecule has 15 heavy (non-hydrogen) atoms. The van der Waals surface area contributed by atoms with Gasteiger partial charge in [0, 0.05) is 12.1 Å². The molecule has 0 saturated heterocycles. The molecule has 1 aromatic rings. The Labute approximate surface area is 90.6 Å². The van der Waals surface area contributed by atoms with Crippen LogP contribution in [0.3, 0.4) is 0 Å². The first-order chi connectivity index (χ1) is 7.33. The van der Waals surface area contributed by atoms with Crippen LogP contribution in [-0.4, -0.2) is 6.61 Å². The van der Waals surface area contributed by atoms with Crippen LogP contribution in [-0.2, 0) is 0 Å². The van der Waals surface area contributed by atoms with Gasteiger partial charge in [-0.15, -0.1) is 0 Å². The van der Waals surface area contributed by atoms with Crippen molar-refractivity contribution in [3.05, 3.63) is 42.2 Å². The average molecular weight is 207 g/mol. The van der Waals surface area contributed by atoms with E-state index in [1.54, 1.807) is 6.07 Å². The second kappa shape index (κ2) is 7.04. The Morgan fingerprint density at radius 1 is 1.47 bits per heavy atom. The standard InChI is InChI=1S/C13H16FO/c1-2-3-4-5-6-10-15-13-9-7-8-12(14)11-13/h2-3,7,9,11H,4-6,10H2,1H3/b3-2+. The first-order valence-corrected chi connectivity index (χ1v) is 5.24. The fourth-order valence-electron chi connectivity index (χ4n) is 1.23. The molecule has 2 heteroatoms. The Kier molecular flexibility index (Phi) is 5.52. The van der Waals surface area contributed by atoms with Crippen molar-refractivity contribution < 1.29 is 9.13 Å². The van der Waals surface area contributed by atoms with Crippen molar-refractivity contribution in [1.82, 2.24) is 0 Å². The Bertz CT molecular complexity index is 307. The number of hydrogen-bond donors (Lipinski definition) is 0. The second-order valence-corrected chi connectivity index (χ2v) is 3.29. The zero-order chi connectivity index (χ0) is 10.9. The van der Waals surface area contributed by atoms with E-state index in [2.05, 4.69) is 12.1 Å². The van der Waals surface area contributed by atoms with E-state index in [1.165, 1.54) is 12.1 Å². The molecule has 0 saturated carbocycles. The largest absolute Gasteiger partial charge is 0.493 e. The second-order valence-electron chi connectivity index (χ2n) is 3.29. The van der Waals surface area contributed by atoms with Crippen LogP contribution in [0.1, 0.15) is 26.2 Å². The molecule has 0 atom stereocenters. The summed E-state index contributed by atoms with van der Waals surface area (Å²) in [5.41, 5.74) is 0. The fraction of sp³-hybridized carbons (Fsp3) is 0.385. The number of ether oxygens (including phenoxy) is 1. The summed E-state index contributed by atoms with van der Waals surface area (Å²) in [6.45, 7) is 2.65. The third-order valence-electron chi connectivity index (χ3n) is 2.01. The zero-order valence-corrected chi connectivity index (χ0v) is 9.00. The summed E-state index contributed by atoms with van der Waals surface area (Å²) in [5.74, 6) is 0.207. The van der Waals surface area contributed by atoms with Gasteiger partial charge >= 0.3 is 0 Å². The van der Waals surface area contributed by atoms with Crippen molar-refractivity contribution >= 4 is 0 Å². The minimum absolute atomic E-state index is 0.374. The lowest BCUT2D eigenvalue weighted by molar-refractivity contribution is 0.306. The molecular formula is C13H16FO. The first-order valence-electron chi connectivity index (χ1n) is 5.24. The van der Waals surface area contributed by atoms with Gasteiger partial charge in [-0.25, -0.2) is 4.39 Å². The van der Waals surface area contributed by atoms with Gasteiger partial charge in [0.25, 0.3) is 0 Å². The third-order valence-corrected chi connectivity index (χ3v) is 2.01. The first kappa shape index (κ1) is 11.8. The highest BCUT2D eigenvalue weighted by atomic mass is 19.1. The summed E-state index contributed by atoms with van der Waals surface area (Å²) in [6, 6.07) is 7.04. The van der Waals surface area contributed by atoms with Crippen molar-refractivity contribution in [3.8, 4) is 5.75 Å². The summed E-state index contributed by atoms with van der Waals surface area (Å²) in [4.78, 5) is 0. The average Bonchev–Trinajstić information content (AvgIpc) is 2.23. The number of hydrogen-bond acceptors (Lipinski definition) is 1. The van der Waals surface area contributed by atoms with Crippen LogP contribution in [0.4, 0.5) is 4.39 Å². The monoisotopic (exact) mass is 207 g/mol. The molecule has 0 unspecified atom stereocenters. The molecule has 1 nitrogen and oxygen atoms in total. The van der Waals surface area contributed by atoms with E-state index in [9.17, 15) is 4.39 Å². The lowest BCUT2D eigenvalue weighted by Gasteiger charge is -2.04. The van der Waals surface area contributed by atoms with Crippen LogP contribution in [0.5, 0.6) is 5.75 Å². The molecule has 0 heterocycles. The number of allylic oxidation sites excluding steroid dienone is 2. The predicted molar refractivity (Wildman–Crippen MR) is 59.4 cm³/mol. The van der Waals surface area contributed by atoms with Crippen LogP contribution in [0.15, 0.2) is 30.4 Å². The van der Waals surface area contributed by atoms with Crippen LogP contribution in [0.2, 0.25) is 0 Å². The Balaban J connectivity index is 2.15. The number of halogens is 1. The van der Waals surface area contributed by atoms with Gasteiger partial charge in [0.15, 0.2) is 0 Å². The van der Waals surface area contributed by atoms with Gasteiger partial charge in [0.1, 0.15) is 11.6 Å². The molecule has 0 N–H and O–H groups in total. The van der Waals surface area contributed by atoms with Crippen LogP contribution >= 0.6 is 0 Å². The van der Waals surface area contributed by atoms with Gasteiger partial charge in [-0.05, 0) is 38.3 Å². The molecule has 81 valence electrons. The number of rotatable bonds is 6. The Morgan fingerprint density at radius 2 is 2.33 bits per heavy atom. The Morgan fingerprint density at radius 3 is 3.07 bits per heavy atom. The summed E-state index contributed by atoms with van der Waals surface area (Å²) in [6.07, 6.45) is 7.35. The van der Waals surface area contributed by atoms with E-state index < -0.39 is 0 Å². The van der Waals surface area contributed by atoms with E-state index in [4.69, 9.17) is 4.74 Å². The topological polar surface area (TPSA) is 9.23 Å². The highest BCUT2D eigenvalue weighted by Crippen LogP contribution is 2.12. The molecule has 0 aliphatic carbocycles. The van der Waals surface area contributed by atoms with Crippen molar-refractivity contribution in [3.63, 3.8) is 0 Å². The van der Waals surface area contributed by atoms with E-state index in [1.807, 2.05) is 13.0 Å². The van der Waals surface area contributed by atoms with Crippen LogP contribution in [0, 0.1) is 11.9 Å². The van der Waals surface area contributed by atoms with Gasteiger partial charge in [-0.1, -0.05) is 12.2 Å². The van der Waals surface area contributed by atoms with Crippen molar-refractivity contribution in [1.29, 1.82) is 0 Å². The minimum atomic E-state index is -0.374. The summed E-state index contributed by atoms with van der Waals surface area (Å²) >= 11 is 0. The van der Waals surface area contributed by atoms with Crippen molar-refractivity contribution in [2.45, 2.75) is 26.2 Å². The van der Waals surface area contributed by atoms with E-state index in [0.29, 0.717) is 12.4 Å². The molecule has 1 radical (unpaired) electrons. The summed E-state index contributed by atoms with van der Waals surface area (Å²) in [7, 11) is 0. The Hall–Kier alpha value is -1.31. The molecule has 0 spiro atoms. The normalized spacial score (nSPS) is 10.8. The zero-order valence-electron chi connectivity index (χ0n) is 9.00. The van der Waals surface area contributed by atoms with Gasteiger partial charge in [0.05, 0.1) is 6.61 Å². The third kappa shape index (κ3) is 5.21. The van der Waals surface area contributed by atoms with Gasteiger partial charge in [0.2, 0.25) is 0 Å². The lowest BCUT2D eigenvalue weighted by atomic mass is 10.2. The van der Waals surface area contributed by atoms with Gasteiger partial charge < -0.3 is 4.74 Å². The highest BCUT2D eigenvalue weighted by Gasteiger charge is 1.95. The molecule has 0 bridgehead atoms. The SMILES string of the molecule is C/C=C/CCCCOc1cc[c]c(F)c1. The number of benzene rings is 1. The molecule has 0 aromatic heterocycles. The van der Waals surface area contributed by atoms with E-state index in [0.717, 1.165) is 19.3 Å². The van der Waals surface area contributed by atoms with Crippen LogP contribution < -0.4 is 4.74 Å². The minimum Gasteiger partial charge on any atom is -0.493 e. The molecule has 0 amide bonds. The summed E-state index contributed by atoms with van der Waals surface area (Å²) < 4.78 is 18.1. The van der Waals surface area contributed by atoms with Crippen LogP contribution in [0.25, 0.3) is 0 Å². The van der Waals surface area contributed by atoms with E-state index in [-0.39, 0.29) is 5.82 Å². The molecular weight excluding hydrogens is 191 g/mol. The summed E-state index contributed by atoms with van der Waals surface area (Å²) in [5, 5.41) is 0. The molecule has 0 aliphatic rings. The lowest BCUT2D eigenvalue weighted by Crippen LogP contribution is -1.97. The maximum absolute atomic E-state index is 12.7. The fourth-order valence-corrected chi connectivity index (χ4v) is 1.23. The van der Waals surface area contributed by atoms with Gasteiger partial charge in [-0.2, -0.15) is 0 Å². The molecule has 0 aliphatic heterocycles.